The second-order valence-electron chi connectivity index (χ2n) is 6.53. The number of anilines is 2. The van der Waals surface area contributed by atoms with Gasteiger partial charge in [0.05, 0.1) is 24.6 Å². The van der Waals surface area contributed by atoms with E-state index < -0.39 is 23.9 Å². The van der Waals surface area contributed by atoms with Gasteiger partial charge in [-0.25, -0.2) is 19.7 Å². The molecule has 2 heterocycles. The van der Waals surface area contributed by atoms with Gasteiger partial charge in [0.25, 0.3) is 5.91 Å². The molecule has 0 aliphatic rings. The summed E-state index contributed by atoms with van der Waals surface area (Å²) in [7, 11) is 0. The molecule has 12 nitrogen and oxygen atoms in total. The minimum Gasteiger partial charge on any atom is -0.481 e. The normalized spacial score (nSPS) is 11.6. The van der Waals surface area contributed by atoms with Gasteiger partial charge in [-0.3, -0.25) is 9.59 Å². The predicted molar refractivity (Wildman–Crippen MR) is 109 cm³/mol. The molecule has 160 valence electrons. The van der Waals surface area contributed by atoms with Crippen LogP contribution in [-0.2, 0) is 16.1 Å². The molecule has 1 unspecified atom stereocenters. The maximum absolute atomic E-state index is 12.3. The topological polar surface area (TPSA) is 193 Å². The smallest absolute Gasteiger partial charge is 0.326 e. The highest BCUT2D eigenvalue weighted by Gasteiger charge is 2.21. The summed E-state index contributed by atoms with van der Waals surface area (Å²) in [5.74, 6) is -2.92. The Morgan fingerprint density at radius 2 is 1.77 bits per heavy atom. The molecule has 0 saturated heterocycles. The second-order valence-corrected chi connectivity index (χ2v) is 6.53. The molecule has 6 N–H and O–H groups in total. The molecule has 1 atom stereocenters. The lowest BCUT2D eigenvalue weighted by Gasteiger charge is -2.14. The molecule has 0 saturated carbocycles. The number of carboxylic acid groups (broad SMARTS) is 2. The number of aliphatic carboxylic acids is 2. The van der Waals surface area contributed by atoms with Crippen molar-refractivity contribution in [1.29, 1.82) is 0 Å². The Morgan fingerprint density at radius 3 is 2.45 bits per heavy atom. The maximum atomic E-state index is 12.3. The van der Waals surface area contributed by atoms with E-state index >= 15 is 0 Å². The van der Waals surface area contributed by atoms with Crippen LogP contribution in [0.1, 0.15) is 28.9 Å². The van der Waals surface area contributed by atoms with Crippen molar-refractivity contribution >= 4 is 40.6 Å². The van der Waals surface area contributed by atoms with E-state index in [9.17, 15) is 14.4 Å². The molecule has 0 spiro atoms. The summed E-state index contributed by atoms with van der Waals surface area (Å²) in [5.41, 5.74) is 8.01. The Labute approximate surface area is 175 Å². The number of carbonyl (C=O) groups excluding carboxylic acids is 1. The first-order chi connectivity index (χ1) is 14.8. The molecule has 31 heavy (non-hydrogen) atoms. The van der Waals surface area contributed by atoms with Crippen molar-refractivity contribution in [2.75, 3.05) is 11.1 Å². The zero-order valence-electron chi connectivity index (χ0n) is 16.1. The number of nitrogens with one attached hydrogen (secondary N) is 2. The Balaban J connectivity index is 1.59. The van der Waals surface area contributed by atoms with Crippen LogP contribution in [0.5, 0.6) is 0 Å². The van der Waals surface area contributed by atoms with Crippen LogP contribution in [0.2, 0.25) is 0 Å². The third-order valence-corrected chi connectivity index (χ3v) is 4.24. The van der Waals surface area contributed by atoms with Crippen LogP contribution in [0.25, 0.3) is 11.2 Å². The Bertz CT molecular complexity index is 1120. The molecule has 3 aromatic rings. The van der Waals surface area contributed by atoms with Crippen LogP contribution in [-0.4, -0.2) is 54.0 Å². The van der Waals surface area contributed by atoms with Gasteiger partial charge in [0.15, 0.2) is 5.65 Å². The van der Waals surface area contributed by atoms with E-state index in [2.05, 4.69) is 30.6 Å². The first-order valence-electron chi connectivity index (χ1n) is 9.15. The van der Waals surface area contributed by atoms with E-state index in [1.54, 1.807) is 18.3 Å². The third-order valence-electron chi connectivity index (χ3n) is 4.24. The summed E-state index contributed by atoms with van der Waals surface area (Å²) in [5, 5.41) is 23.3. The minimum absolute atomic E-state index is 0.119. The van der Waals surface area contributed by atoms with Crippen LogP contribution >= 0.6 is 0 Å². The number of amides is 1. The summed E-state index contributed by atoms with van der Waals surface area (Å²) in [6, 6.07) is 5.07. The van der Waals surface area contributed by atoms with Crippen LogP contribution in [0, 0.1) is 0 Å². The van der Waals surface area contributed by atoms with E-state index in [1.165, 1.54) is 18.3 Å². The fraction of sp³-hybridized carbons (Fsp3) is 0.211. The Kier molecular flexibility index (Phi) is 6.50. The van der Waals surface area contributed by atoms with Gasteiger partial charge >= 0.3 is 11.9 Å². The summed E-state index contributed by atoms with van der Waals surface area (Å²) in [6.45, 7) is 0.356. The predicted octanol–water partition coefficient (Wildman–Crippen LogP) is 0.662. The van der Waals surface area contributed by atoms with E-state index in [-0.39, 0.29) is 24.4 Å². The number of hydrogen-bond acceptors (Lipinski definition) is 9. The van der Waals surface area contributed by atoms with Gasteiger partial charge in [-0.1, -0.05) is 0 Å². The lowest BCUT2D eigenvalue weighted by molar-refractivity contribution is -0.140. The molecule has 0 aliphatic carbocycles. The molecule has 3 rings (SSSR count). The molecule has 12 heteroatoms. The molecular formula is C19H19N7O5. The van der Waals surface area contributed by atoms with Crippen LogP contribution in [0.4, 0.5) is 11.6 Å². The molecule has 0 bridgehead atoms. The molecule has 0 fully saturated rings. The zero-order chi connectivity index (χ0) is 22.4. The van der Waals surface area contributed by atoms with Crippen LogP contribution in [0.3, 0.4) is 0 Å². The Hall–Kier alpha value is -4.35. The second kappa shape index (κ2) is 9.43. The lowest BCUT2D eigenvalue weighted by atomic mass is 10.1. The molecule has 1 aromatic carbocycles. The number of aromatic nitrogens is 4. The van der Waals surface area contributed by atoms with E-state index in [1.807, 2.05) is 0 Å². The fourth-order valence-electron chi connectivity index (χ4n) is 2.66. The number of fused-ring (bicyclic) bond motifs is 1. The van der Waals surface area contributed by atoms with Gasteiger partial charge < -0.3 is 26.6 Å². The van der Waals surface area contributed by atoms with E-state index in [4.69, 9.17) is 15.9 Å². The van der Waals surface area contributed by atoms with Crippen molar-refractivity contribution in [2.45, 2.75) is 25.4 Å². The highest BCUT2D eigenvalue weighted by Crippen LogP contribution is 2.13. The van der Waals surface area contributed by atoms with Gasteiger partial charge in [0, 0.05) is 17.7 Å². The average Bonchev–Trinajstić information content (AvgIpc) is 2.75. The van der Waals surface area contributed by atoms with Gasteiger partial charge in [0.2, 0.25) is 5.95 Å². The zero-order valence-corrected chi connectivity index (χ0v) is 16.1. The molecule has 2 aromatic heterocycles. The standard InChI is InChI=1S/C19H19N7O5/c20-19-23-9-14-16(26-19)22-8-12(24-14)7-21-11-3-1-10(2-4-11)17(29)25-13(18(30)31)5-6-15(27)28/h1-4,8-9,13,21H,5-7H2,(H,25,29)(H,27,28)(H,30,31)(H2,20,22,23,26). The average molecular weight is 425 g/mol. The number of nitrogen functional groups attached to an aromatic ring is 1. The number of hydrogen-bond donors (Lipinski definition) is 5. The van der Waals surface area contributed by atoms with Crippen LogP contribution < -0.4 is 16.4 Å². The number of nitrogens with two attached hydrogens (primary N) is 1. The number of nitrogens with zero attached hydrogens (tertiary/aromatic N) is 4. The number of rotatable bonds is 9. The number of carbonyl (C=O) groups is 3. The van der Waals surface area contributed by atoms with Gasteiger partial charge in [-0.05, 0) is 30.7 Å². The monoisotopic (exact) mass is 425 g/mol. The fourth-order valence-corrected chi connectivity index (χ4v) is 2.66. The summed E-state index contributed by atoms with van der Waals surface area (Å²) in [6.07, 6.45) is 2.48. The first kappa shape index (κ1) is 21.4. The Morgan fingerprint density at radius 1 is 1.03 bits per heavy atom. The molecule has 0 aliphatic heterocycles. The van der Waals surface area contributed by atoms with Crippen molar-refractivity contribution < 1.29 is 24.6 Å². The van der Waals surface area contributed by atoms with Crippen molar-refractivity contribution in [3.8, 4) is 0 Å². The quantitative estimate of drug-likeness (QED) is 0.323. The lowest BCUT2D eigenvalue weighted by Crippen LogP contribution is -2.41. The largest absolute Gasteiger partial charge is 0.481 e. The summed E-state index contributed by atoms with van der Waals surface area (Å²) in [4.78, 5) is 50.5. The first-order valence-corrected chi connectivity index (χ1v) is 9.15. The number of carboxylic acids is 2. The molecule has 1 amide bonds. The van der Waals surface area contributed by atoms with Gasteiger partial charge in [-0.2, -0.15) is 4.98 Å². The van der Waals surface area contributed by atoms with E-state index in [0.29, 0.717) is 29.1 Å². The van der Waals surface area contributed by atoms with Crippen molar-refractivity contribution in [1.82, 2.24) is 25.3 Å². The summed E-state index contributed by atoms with van der Waals surface area (Å²) >= 11 is 0. The highest BCUT2D eigenvalue weighted by molar-refractivity contribution is 5.96. The minimum atomic E-state index is -1.29. The van der Waals surface area contributed by atoms with Gasteiger partial charge in [-0.15, -0.1) is 0 Å². The highest BCUT2D eigenvalue weighted by atomic mass is 16.4. The number of benzene rings is 1. The maximum Gasteiger partial charge on any atom is 0.326 e. The van der Waals surface area contributed by atoms with Gasteiger partial charge in [0.1, 0.15) is 11.6 Å². The van der Waals surface area contributed by atoms with Crippen LogP contribution in [0.15, 0.2) is 36.7 Å². The van der Waals surface area contributed by atoms with Crippen molar-refractivity contribution in [2.24, 2.45) is 0 Å². The SMILES string of the molecule is Nc1ncc2nc(CNc3ccc(C(=O)NC(CCC(=O)O)C(=O)O)cc3)cnc2n1. The van der Waals surface area contributed by atoms with E-state index in [0.717, 1.165) is 0 Å². The third kappa shape index (κ3) is 5.82. The summed E-state index contributed by atoms with van der Waals surface area (Å²) < 4.78 is 0. The van der Waals surface area contributed by atoms with Crippen molar-refractivity contribution in [3.05, 3.63) is 47.9 Å². The van der Waals surface area contributed by atoms with Crippen molar-refractivity contribution in [3.63, 3.8) is 0 Å². The molecule has 0 radical (unpaired) electrons. The molecular weight excluding hydrogens is 406 g/mol.